The summed E-state index contributed by atoms with van der Waals surface area (Å²) in [6.45, 7) is 2.17. The molecule has 0 heterocycles. The van der Waals surface area contributed by atoms with Gasteiger partial charge in [-0.2, -0.15) is 0 Å². The number of nitrogens with zero attached hydrogens (tertiary/aromatic N) is 1. The van der Waals surface area contributed by atoms with Crippen molar-refractivity contribution in [2.75, 3.05) is 38.8 Å². The molecular weight excluding hydrogens is 204 g/mol. The highest BCUT2D eigenvalue weighted by molar-refractivity contribution is 7.98. The summed E-state index contributed by atoms with van der Waals surface area (Å²) in [5.74, 6) is 0. The van der Waals surface area contributed by atoms with Crippen molar-refractivity contribution in [3.63, 3.8) is 0 Å². The molecule has 0 fully saturated rings. The Morgan fingerprint density at radius 1 is 1.20 bits per heavy atom. The van der Waals surface area contributed by atoms with Gasteiger partial charge >= 0.3 is 0 Å². The molecule has 1 rings (SSSR count). The molecule has 1 aromatic rings. The normalized spacial score (nSPS) is 10.7. The average molecular weight is 224 g/mol. The zero-order valence-corrected chi connectivity index (χ0v) is 10.6. The summed E-state index contributed by atoms with van der Waals surface area (Å²) in [6, 6.07) is 8.58. The van der Waals surface area contributed by atoms with Crippen LogP contribution in [-0.4, -0.2) is 38.3 Å². The lowest BCUT2D eigenvalue weighted by atomic mass is 10.3. The molecule has 2 nitrogen and oxygen atoms in total. The number of rotatable bonds is 6. The van der Waals surface area contributed by atoms with Gasteiger partial charge in [0, 0.05) is 17.1 Å². The van der Waals surface area contributed by atoms with E-state index in [1.165, 1.54) is 17.0 Å². The highest BCUT2D eigenvalue weighted by Crippen LogP contribution is 2.17. The van der Waals surface area contributed by atoms with Crippen LogP contribution in [-0.2, 0) is 0 Å². The van der Waals surface area contributed by atoms with E-state index >= 15 is 0 Å². The molecule has 0 spiro atoms. The lowest BCUT2D eigenvalue weighted by Crippen LogP contribution is -2.16. The van der Waals surface area contributed by atoms with Gasteiger partial charge in [0.25, 0.3) is 0 Å². The van der Waals surface area contributed by atoms with Crippen LogP contribution in [0.4, 0.5) is 5.69 Å². The van der Waals surface area contributed by atoms with E-state index < -0.39 is 0 Å². The summed E-state index contributed by atoms with van der Waals surface area (Å²) in [7, 11) is 4.21. The molecule has 0 amide bonds. The first-order valence-electron chi connectivity index (χ1n) is 5.25. The topological polar surface area (TPSA) is 15.3 Å². The van der Waals surface area contributed by atoms with Gasteiger partial charge in [-0.3, -0.25) is 0 Å². The molecule has 1 N–H and O–H groups in total. The number of hydrogen-bond acceptors (Lipinski definition) is 3. The smallest absolute Gasteiger partial charge is 0.0340 e. The summed E-state index contributed by atoms with van der Waals surface area (Å²) in [4.78, 5) is 3.52. The monoisotopic (exact) mass is 224 g/mol. The molecular formula is C12H20N2S. The van der Waals surface area contributed by atoms with Gasteiger partial charge in [-0.25, -0.2) is 0 Å². The van der Waals surface area contributed by atoms with Gasteiger partial charge < -0.3 is 10.2 Å². The Morgan fingerprint density at radius 3 is 2.40 bits per heavy atom. The van der Waals surface area contributed by atoms with Crippen LogP contribution in [0.15, 0.2) is 29.2 Å². The third-order valence-corrected chi connectivity index (χ3v) is 2.94. The lowest BCUT2D eigenvalue weighted by Gasteiger charge is -2.10. The van der Waals surface area contributed by atoms with Crippen LogP contribution in [0.3, 0.4) is 0 Å². The molecule has 0 radical (unpaired) electrons. The van der Waals surface area contributed by atoms with Crippen molar-refractivity contribution >= 4 is 17.4 Å². The fourth-order valence-corrected chi connectivity index (χ4v) is 1.75. The predicted octanol–water partition coefficient (Wildman–Crippen LogP) is 2.77. The third kappa shape index (κ3) is 5.09. The van der Waals surface area contributed by atoms with E-state index in [0.717, 1.165) is 13.1 Å². The van der Waals surface area contributed by atoms with E-state index in [-0.39, 0.29) is 0 Å². The number of benzene rings is 1. The Balaban J connectivity index is 2.25. The molecule has 0 aliphatic carbocycles. The van der Waals surface area contributed by atoms with E-state index in [9.17, 15) is 0 Å². The first kappa shape index (κ1) is 12.4. The van der Waals surface area contributed by atoms with Crippen LogP contribution in [0.1, 0.15) is 6.42 Å². The Hall–Kier alpha value is -0.670. The van der Waals surface area contributed by atoms with E-state index in [0.29, 0.717) is 0 Å². The van der Waals surface area contributed by atoms with Crippen molar-refractivity contribution < 1.29 is 0 Å². The maximum Gasteiger partial charge on any atom is 0.0340 e. The van der Waals surface area contributed by atoms with Crippen LogP contribution in [0.25, 0.3) is 0 Å². The van der Waals surface area contributed by atoms with Gasteiger partial charge in [0.1, 0.15) is 0 Å². The second kappa shape index (κ2) is 6.75. The van der Waals surface area contributed by atoms with Gasteiger partial charge in [0.2, 0.25) is 0 Å². The first-order chi connectivity index (χ1) is 7.22. The number of anilines is 1. The Labute approximate surface area is 97.1 Å². The molecule has 0 aliphatic rings. The fourth-order valence-electron chi connectivity index (χ4n) is 1.34. The molecule has 1 aromatic carbocycles. The van der Waals surface area contributed by atoms with Crippen LogP contribution < -0.4 is 5.32 Å². The second-order valence-electron chi connectivity index (χ2n) is 3.81. The maximum absolute atomic E-state index is 3.42. The molecule has 0 saturated heterocycles. The van der Waals surface area contributed by atoms with Crippen molar-refractivity contribution in [2.45, 2.75) is 11.3 Å². The van der Waals surface area contributed by atoms with Gasteiger partial charge in [-0.15, -0.1) is 11.8 Å². The summed E-state index contributed by atoms with van der Waals surface area (Å²) in [5.41, 5.74) is 1.21. The highest BCUT2D eigenvalue weighted by Gasteiger charge is 1.93. The Morgan fingerprint density at radius 2 is 1.87 bits per heavy atom. The molecule has 0 aliphatic heterocycles. The summed E-state index contributed by atoms with van der Waals surface area (Å²) < 4.78 is 0. The predicted molar refractivity (Wildman–Crippen MR) is 69.9 cm³/mol. The van der Waals surface area contributed by atoms with Crippen molar-refractivity contribution in [2.24, 2.45) is 0 Å². The van der Waals surface area contributed by atoms with Gasteiger partial charge in [0.05, 0.1) is 0 Å². The minimum absolute atomic E-state index is 1.04. The van der Waals surface area contributed by atoms with Gasteiger partial charge in [-0.05, 0) is 57.6 Å². The molecule has 3 heteroatoms. The third-order valence-electron chi connectivity index (χ3n) is 2.20. The fraction of sp³-hybridized carbons (Fsp3) is 0.500. The van der Waals surface area contributed by atoms with Crippen molar-refractivity contribution in [1.82, 2.24) is 4.90 Å². The van der Waals surface area contributed by atoms with Crippen LogP contribution in [0.5, 0.6) is 0 Å². The van der Waals surface area contributed by atoms with E-state index in [4.69, 9.17) is 0 Å². The highest BCUT2D eigenvalue weighted by atomic mass is 32.2. The standard InChI is InChI=1S/C12H20N2S/c1-14(2)10-4-9-13-11-5-7-12(15-3)8-6-11/h5-8,13H,4,9-10H2,1-3H3. The molecule has 0 unspecified atom stereocenters. The number of nitrogens with one attached hydrogen (secondary N) is 1. The van der Waals surface area contributed by atoms with E-state index in [2.05, 4.69) is 54.8 Å². The molecule has 0 atom stereocenters. The van der Waals surface area contributed by atoms with Gasteiger partial charge in [0.15, 0.2) is 0 Å². The molecule has 0 saturated carbocycles. The summed E-state index contributed by atoms with van der Waals surface area (Å²) in [6.07, 6.45) is 3.27. The summed E-state index contributed by atoms with van der Waals surface area (Å²) >= 11 is 1.78. The molecule has 84 valence electrons. The average Bonchev–Trinajstić information content (AvgIpc) is 2.25. The van der Waals surface area contributed by atoms with Crippen molar-refractivity contribution in [3.05, 3.63) is 24.3 Å². The second-order valence-corrected chi connectivity index (χ2v) is 4.69. The SMILES string of the molecule is CSc1ccc(NCCCN(C)C)cc1. The number of hydrogen-bond donors (Lipinski definition) is 1. The van der Waals surface area contributed by atoms with Crippen molar-refractivity contribution in [1.29, 1.82) is 0 Å². The quantitative estimate of drug-likeness (QED) is 0.591. The molecule has 0 bridgehead atoms. The van der Waals surface area contributed by atoms with Crippen LogP contribution in [0, 0.1) is 0 Å². The lowest BCUT2D eigenvalue weighted by molar-refractivity contribution is 0.405. The minimum Gasteiger partial charge on any atom is -0.385 e. The first-order valence-corrected chi connectivity index (χ1v) is 6.47. The van der Waals surface area contributed by atoms with Gasteiger partial charge in [-0.1, -0.05) is 0 Å². The van der Waals surface area contributed by atoms with Crippen LogP contribution >= 0.6 is 11.8 Å². The molecule has 15 heavy (non-hydrogen) atoms. The molecule has 0 aromatic heterocycles. The minimum atomic E-state index is 1.04. The van der Waals surface area contributed by atoms with E-state index in [1.54, 1.807) is 11.8 Å². The van der Waals surface area contributed by atoms with E-state index in [1.807, 2.05) is 0 Å². The zero-order valence-electron chi connectivity index (χ0n) is 9.79. The Bertz CT molecular complexity index is 269. The Kier molecular flexibility index (Phi) is 5.58. The van der Waals surface area contributed by atoms with Crippen molar-refractivity contribution in [3.8, 4) is 0 Å². The summed E-state index contributed by atoms with van der Waals surface area (Å²) in [5, 5.41) is 3.42. The number of thioether (sulfide) groups is 1. The van der Waals surface area contributed by atoms with Crippen LogP contribution in [0.2, 0.25) is 0 Å². The zero-order chi connectivity index (χ0) is 11.1. The maximum atomic E-state index is 3.42. The largest absolute Gasteiger partial charge is 0.385 e.